The third-order valence-corrected chi connectivity index (χ3v) is 4.73. The van der Waals surface area contributed by atoms with Crippen LogP contribution in [0.15, 0.2) is 54.6 Å². The van der Waals surface area contributed by atoms with Crippen LogP contribution >= 0.6 is 0 Å². The lowest BCUT2D eigenvalue weighted by Gasteiger charge is -2.32. The van der Waals surface area contributed by atoms with Gasteiger partial charge in [-0.05, 0) is 18.9 Å². The Hall–Kier alpha value is -1.87. The topological polar surface area (TPSA) is 29.5 Å². The predicted octanol–water partition coefficient (Wildman–Crippen LogP) is 3.15. The van der Waals surface area contributed by atoms with Crippen molar-refractivity contribution in [3.8, 4) is 0 Å². The molecule has 1 amide bonds. The zero-order valence-corrected chi connectivity index (χ0v) is 13.0. The second-order valence-electron chi connectivity index (χ2n) is 5.99. The molecule has 2 aliphatic rings. The summed E-state index contributed by atoms with van der Waals surface area (Å²) in [7, 11) is 0. The number of carbonyl (C=O) groups is 1. The lowest BCUT2D eigenvalue weighted by atomic mass is 9.84. The maximum absolute atomic E-state index is 12.5. The third-order valence-electron chi connectivity index (χ3n) is 4.73. The molecule has 3 heteroatoms. The van der Waals surface area contributed by atoms with Gasteiger partial charge < -0.3 is 9.64 Å². The molecule has 0 aliphatic carbocycles. The molecule has 0 spiro atoms. The molecular weight excluding hydrogens is 274 g/mol. The maximum Gasteiger partial charge on any atom is 0.246 e. The molecule has 22 heavy (non-hydrogen) atoms. The van der Waals surface area contributed by atoms with Gasteiger partial charge in [-0.3, -0.25) is 4.79 Å². The van der Waals surface area contributed by atoms with Gasteiger partial charge in [0, 0.05) is 37.1 Å². The van der Waals surface area contributed by atoms with E-state index >= 15 is 0 Å². The van der Waals surface area contributed by atoms with Crippen molar-refractivity contribution in [2.75, 3.05) is 19.8 Å². The molecule has 2 saturated heterocycles. The molecule has 2 aliphatic heterocycles. The number of allylic oxidation sites excluding steroid dienone is 3. The summed E-state index contributed by atoms with van der Waals surface area (Å²) in [6.45, 7) is 4.25. The van der Waals surface area contributed by atoms with E-state index in [1.165, 1.54) is 5.56 Å². The van der Waals surface area contributed by atoms with Crippen LogP contribution in [0.1, 0.15) is 24.8 Å². The lowest BCUT2D eigenvalue weighted by molar-refractivity contribution is -0.128. The smallest absolute Gasteiger partial charge is 0.246 e. The fraction of sp³-hybridized carbons (Fsp3) is 0.421. The molecule has 3 unspecified atom stereocenters. The quantitative estimate of drug-likeness (QED) is 0.633. The standard InChI is InChI=1S/C19H23NO2/c1-2-3-5-10-19(21)20-13-16(15-8-6-4-7-9-15)17-14-22-12-11-18(17)20/h2-10,16-18H,11-14H2,1H3/b3-2+,10-5+. The summed E-state index contributed by atoms with van der Waals surface area (Å²) < 4.78 is 5.69. The number of likely N-dealkylation sites (tertiary alicyclic amines) is 1. The summed E-state index contributed by atoms with van der Waals surface area (Å²) in [5.41, 5.74) is 1.32. The molecule has 1 aromatic carbocycles. The highest BCUT2D eigenvalue weighted by atomic mass is 16.5. The minimum absolute atomic E-state index is 0.119. The van der Waals surface area contributed by atoms with E-state index in [1.807, 2.05) is 36.1 Å². The first kappa shape index (κ1) is 15.0. The Morgan fingerprint density at radius 1 is 1.27 bits per heavy atom. The average Bonchev–Trinajstić information content (AvgIpc) is 2.95. The van der Waals surface area contributed by atoms with Gasteiger partial charge in [0.15, 0.2) is 0 Å². The van der Waals surface area contributed by atoms with Gasteiger partial charge >= 0.3 is 0 Å². The van der Waals surface area contributed by atoms with Crippen LogP contribution < -0.4 is 0 Å². The molecule has 0 radical (unpaired) electrons. The molecule has 3 rings (SSSR count). The van der Waals surface area contributed by atoms with Gasteiger partial charge in [0.1, 0.15) is 0 Å². The van der Waals surface area contributed by atoms with Crippen LogP contribution in [0, 0.1) is 5.92 Å². The van der Waals surface area contributed by atoms with Crippen LogP contribution in [-0.2, 0) is 9.53 Å². The lowest BCUT2D eigenvalue weighted by Crippen LogP contribution is -2.41. The van der Waals surface area contributed by atoms with E-state index in [0.717, 1.165) is 26.2 Å². The molecule has 0 bridgehead atoms. The number of amides is 1. The normalized spacial score (nSPS) is 28.4. The summed E-state index contributed by atoms with van der Waals surface area (Å²) in [5, 5.41) is 0. The van der Waals surface area contributed by atoms with Crippen molar-refractivity contribution in [1.29, 1.82) is 0 Å². The van der Waals surface area contributed by atoms with Crippen molar-refractivity contribution in [2.45, 2.75) is 25.3 Å². The Balaban J connectivity index is 1.82. The molecule has 0 saturated carbocycles. The SMILES string of the molecule is C/C=C/C=C/C(=O)N1CC(c2ccccc2)C2COCCC21. The van der Waals surface area contributed by atoms with Gasteiger partial charge in [-0.25, -0.2) is 0 Å². The van der Waals surface area contributed by atoms with E-state index in [0.29, 0.717) is 17.9 Å². The van der Waals surface area contributed by atoms with Crippen LogP contribution in [0.3, 0.4) is 0 Å². The molecule has 0 N–H and O–H groups in total. The first-order valence-corrected chi connectivity index (χ1v) is 8.04. The van der Waals surface area contributed by atoms with Crippen molar-refractivity contribution in [3.63, 3.8) is 0 Å². The first-order valence-electron chi connectivity index (χ1n) is 8.04. The zero-order valence-electron chi connectivity index (χ0n) is 13.0. The van der Waals surface area contributed by atoms with Crippen LogP contribution in [0.25, 0.3) is 0 Å². The van der Waals surface area contributed by atoms with Crippen molar-refractivity contribution in [3.05, 3.63) is 60.2 Å². The Morgan fingerprint density at radius 2 is 2.09 bits per heavy atom. The molecule has 0 aromatic heterocycles. The van der Waals surface area contributed by atoms with Gasteiger partial charge in [-0.2, -0.15) is 0 Å². The van der Waals surface area contributed by atoms with Gasteiger partial charge in [-0.15, -0.1) is 0 Å². The van der Waals surface area contributed by atoms with Gasteiger partial charge in [0.05, 0.1) is 6.61 Å². The Morgan fingerprint density at radius 3 is 2.86 bits per heavy atom. The minimum Gasteiger partial charge on any atom is -0.381 e. The highest BCUT2D eigenvalue weighted by Crippen LogP contribution is 2.40. The number of hydrogen-bond acceptors (Lipinski definition) is 2. The summed E-state index contributed by atoms with van der Waals surface area (Å²) >= 11 is 0. The summed E-state index contributed by atoms with van der Waals surface area (Å²) in [6.07, 6.45) is 8.27. The second-order valence-corrected chi connectivity index (χ2v) is 5.99. The molecule has 2 heterocycles. The number of hydrogen-bond donors (Lipinski definition) is 0. The van der Waals surface area contributed by atoms with E-state index < -0.39 is 0 Å². The average molecular weight is 297 g/mol. The number of nitrogens with zero attached hydrogens (tertiary/aromatic N) is 1. The Labute approximate surface area is 132 Å². The Bertz CT molecular complexity index is 564. The van der Waals surface area contributed by atoms with Crippen LogP contribution in [0.5, 0.6) is 0 Å². The number of fused-ring (bicyclic) bond motifs is 1. The van der Waals surface area contributed by atoms with Crippen LogP contribution in [0.4, 0.5) is 0 Å². The first-order chi connectivity index (χ1) is 10.8. The number of ether oxygens (including phenoxy) is 1. The predicted molar refractivity (Wildman–Crippen MR) is 87.6 cm³/mol. The molecule has 1 aromatic rings. The van der Waals surface area contributed by atoms with Gasteiger partial charge in [0.25, 0.3) is 0 Å². The van der Waals surface area contributed by atoms with E-state index in [-0.39, 0.29) is 5.91 Å². The van der Waals surface area contributed by atoms with Crippen LogP contribution in [0.2, 0.25) is 0 Å². The number of carbonyl (C=O) groups excluding carboxylic acids is 1. The van der Waals surface area contributed by atoms with E-state index in [1.54, 1.807) is 6.08 Å². The van der Waals surface area contributed by atoms with Crippen molar-refractivity contribution in [1.82, 2.24) is 4.90 Å². The molecule has 116 valence electrons. The fourth-order valence-corrected chi connectivity index (χ4v) is 3.65. The van der Waals surface area contributed by atoms with Crippen molar-refractivity contribution in [2.24, 2.45) is 5.92 Å². The van der Waals surface area contributed by atoms with Crippen LogP contribution in [-0.4, -0.2) is 36.6 Å². The van der Waals surface area contributed by atoms with Gasteiger partial charge in [-0.1, -0.05) is 48.6 Å². The van der Waals surface area contributed by atoms with Crippen molar-refractivity contribution >= 4 is 5.91 Å². The summed E-state index contributed by atoms with van der Waals surface area (Å²) in [4.78, 5) is 14.6. The largest absolute Gasteiger partial charge is 0.381 e. The third kappa shape index (κ3) is 3.00. The highest BCUT2D eigenvalue weighted by molar-refractivity contribution is 5.88. The summed E-state index contributed by atoms with van der Waals surface area (Å²) in [6, 6.07) is 10.8. The summed E-state index contributed by atoms with van der Waals surface area (Å²) in [5.74, 6) is 0.911. The van der Waals surface area contributed by atoms with E-state index in [9.17, 15) is 4.79 Å². The monoisotopic (exact) mass is 297 g/mol. The van der Waals surface area contributed by atoms with E-state index in [2.05, 4.69) is 24.3 Å². The van der Waals surface area contributed by atoms with Gasteiger partial charge in [0.2, 0.25) is 5.91 Å². The Kier molecular flexibility index (Phi) is 4.74. The molecule has 3 atom stereocenters. The minimum atomic E-state index is 0.119. The van der Waals surface area contributed by atoms with E-state index in [4.69, 9.17) is 4.74 Å². The number of rotatable bonds is 3. The molecule has 2 fully saturated rings. The highest BCUT2D eigenvalue weighted by Gasteiger charge is 2.45. The maximum atomic E-state index is 12.5. The molecule has 3 nitrogen and oxygen atoms in total. The fourth-order valence-electron chi connectivity index (χ4n) is 3.65. The second kappa shape index (κ2) is 6.93. The molecular formula is C19H23NO2. The zero-order chi connectivity index (χ0) is 15.4. The number of benzene rings is 1. The van der Waals surface area contributed by atoms with Crippen molar-refractivity contribution < 1.29 is 9.53 Å².